The number of carbonyl (C=O) groups is 3. The van der Waals surface area contributed by atoms with Crippen molar-refractivity contribution in [3.05, 3.63) is 0 Å². The van der Waals surface area contributed by atoms with E-state index in [4.69, 9.17) is 14.6 Å². The number of esters is 1. The molecular formula is C17H32N2O6. The molecule has 0 aromatic heterocycles. The fourth-order valence-corrected chi connectivity index (χ4v) is 1.83. The van der Waals surface area contributed by atoms with Gasteiger partial charge in [-0.3, -0.25) is 4.79 Å². The van der Waals surface area contributed by atoms with Crippen LogP contribution < -0.4 is 10.6 Å². The second kappa shape index (κ2) is 10.2. The van der Waals surface area contributed by atoms with Crippen LogP contribution in [0.1, 0.15) is 60.8 Å². The highest BCUT2D eigenvalue weighted by molar-refractivity contribution is 5.81. The number of aliphatic hydroxyl groups excluding tert-OH is 1. The predicted molar refractivity (Wildman–Crippen MR) is 92.9 cm³/mol. The smallest absolute Gasteiger partial charge is 0.408 e. The molecule has 0 unspecified atom stereocenters. The molecule has 0 aromatic carbocycles. The SMILES string of the molecule is CC(C)(C)OC(=O)N[C@@H](CCCCNC(=O)CO)C(=O)OC(C)(C)C. The zero-order chi connectivity index (χ0) is 19.7. The van der Waals surface area contributed by atoms with E-state index in [0.717, 1.165) is 0 Å². The van der Waals surface area contributed by atoms with Crippen LogP contribution in [0.15, 0.2) is 0 Å². The highest BCUT2D eigenvalue weighted by atomic mass is 16.6. The third-order valence-corrected chi connectivity index (χ3v) is 2.77. The van der Waals surface area contributed by atoms with Gasteiger partial charge in [0.05, 0.1) is 0 Å². The third kappa shape index (κ3) is 13.2. The summed E-state index contributed by atoms with van der Waals surface area (Å²) in [7, 11) is 0. The van der Waals surface area contributed by atoms with Gasteiger partial charge in [0.25, 0.3) is 0 Å². The molecule has 0 saturated carbocycles. The summed E-state index contributed by atoms with van der Waals surface area (Å²) < 4.78 is 10.5. The molecule has 0 spiro atoms. The highest BCUT2D eigenvalue weighted by Crippen LogP contribution is 2.13. The maximum absolute atomic E-state index is 12.3. The van der Waals surface area contributed by atoms with E-state index in [1.807, 2.05) is 0 Å². The van der Waals surface area contributed by atoms with Gasteiger partial charge in [-0.15, -0.1) is 0 Å². The number of aliphatic hydroxyl groups is 1. The molecule has 0 radical (unpaired) electrons. The molecule has 0 aliphatic rings. The Balaban J connectivity index is 4.60. The summed E-state index contributed by atoms with van der Waals surface area (Å²) in [5.41, 5.74) is -1.34. The van der Waals surface area contributed by atoms with Crippen LogP contribution in [0.3, 0.4) is 0 Å². The first-order valence-electron chi connectivity index (χ1n) is 8.44. The van der Waals surface area contributed by atoms with E-state index in [1.54, 1.807) is 41.5 Å². The number of alkyl carbamates (subject to hydrolysis) is 1. The maximum atomic E-state index is 12.3. The van der Waals surface area contributed by atoms with Gasteiger partial charge in [-0.25, -0.2) is 9.59 Å². The molecule has 0 saturated heterocycles. The Labute approximate surface area is 149 Å². The van der Waals surface area contributed by atoms with Crippen molar-refractivity contribution in [1.29, 1.82) is 0 Å². The average molecular weight is 360 g/mol. The lowest BCUT2D eigenvalue weighted by molar-refractivity contribution is -0.157. The first kappa shape index (κ1) is 23.2. The Morgan fingerprint density at radius 3 is 2.00 bits per heavy atom. The standard InChI is InChI=1S/C17H32N2O6/c1-16(2,3)24-14(22)12(19-15(23)25-17(4,5)6)9-7-8-10-18-13(21)11-20/h12,20H,7-11H2,1-6H3,(H,18,21)(H,19,23)/t12-/m0/s1. The van der Waals surface area contributed by atoms with E-state index >= 15 is 0 Å². The van der Waals surface area contributed by atoms with Crippen molar-refractivity contribution in [2.75, 3.05) is 13.2 Å². The quantitative estimate of drug-likeness (QED) is 0.446. The molecule has 0 rings (SSSR count). The molecule has 3 N–H and O–H groups in total. The molecule has 25 heavy (non-hydrogen) atoms. The minimum Gasteiger partial charge on any atom is -0.458 e. The minimum atomic E-state index is -0.831. The van der Waals surface area contributed by atoms with Crippen molar-refractivity contribution in [2.24, 2.45) is 0 Å². The van der Waals surface area contributed by atoms with E-state index in [-0.39, 0.29) is 0 Å². The van der Waals surface area contributed by atoms with Gasteiger partial charge in [0, 0.05) is 6.54 Å². The van der Waals surface area contributed by atoms with Crippen LogP contribution in [0, 0.1) is 0 Å². The molecule has 1 atom stereocenters. The zero-order valence-corrected chi connectivity index (χ0v) is 16.1. The third-order valence-electron chi connectivity index (χ3n) is 2.77. The van der Waals surface area contributed by atoms with Crippen LogP contribution in [0.25, 0.3) is 0 Å². The lowest BCUT2D eigenvalue weighted by Gasteiger charge is -2.26. The second-order valence-corrected chi connectivity index (χ2v) is 7.74. The molecule has 0 aliphatic heterocycles. The highest BCUT2D eigenvalue weighted by Gasteiger charge is 2.28. The number of ether oxygens (including phenoxy) is 2. The molecule has 0 aromatic rings. The topological polar surface area (TPSA) is 114 Å². The Bertz CT molecular complexity index is 451. The summed E-state index contributed by atoms with van der Waals surface area (Å²) >= 11 is 0. The van der Waals surface area contributed by atoms with Crippen molar-refractivity contribution in [3.63, 3.8) is 0 Å². The lowest BCUT2D eigenvalue weighted by atomic mass is 10.1. The maximum Gasteiger partial charge on any atom is 0.408 e. The Morgan fingerprint density at radius 2 is 1.52 bits per heavy atom. The van der Waals surface area contributed by atoms with Gasteiger partial charge in [0.1, 0.15) is 23.9 Å². The summed E-state index contributed by atoms with van der Waals surface area (Å²) in [6.07, 6.45) is 0.840. The molecular weight excluding hydrogens is 328 g/mol. The van der Waals surface area contributed by atoms with Crippen LogP contribution in [-0.2, 0) is 19.1 Å². The monoisotopic (exact) mass is 360 g/mol. The molecule has 8 heteroatoms. The van der Waals surface area contributed by atoms with Crippen LogP contribution >= 0.6 is 0 Å². The van der Waals surface area contributed by atoms with Crippen molar-refractivity contribution >= 4 is 18.0 Å². The van der Waals surface area contributed by atoms with Crippen molar-refractivity contribution < 1.29 is 29.0 Å². The number of rotatable bonds is 8. The average Bonchev–Trinajstić information content (AvgIpc) is 2.41. The molecule has 0 bridgehead atoms. The van der Waals surface area contributed by atoms with Gasteiger partial charge >= 0.3 is 12.1 Å². The Hall–Kier alpha value is -1.83. The number of nitrogens with one attached hydrogen (secondary N) is 2. The predicted octanol–water partition coefficient (Wildman–Crippen LogP) is 1.50. The summed E-state index contributed by atoms with van der Waals surface area (Å²) in [5, 5.41) is 13.7. The summed E-state index contributed by atoms with van der Waals surface area (Å²) in [6, 6.07) is -0.831. The number of amides is 2. The van der Waals surface area contributed by atoms with Gasteiger partial charge < -0.3 is 25.2 Å². The number of unbranched alkanes of at least 4 members (excludes halogenated alkanes) is 1. The van der Waals surface area contributed by atoms with Crippen LogP contribution in [0.5, 0.6) is 0 Å². The van der Waals surface area contributed by atoms with Gasteiger partial charge in [-0.2, -0.15) is 0 Å². The Kier molecular flexibility index (Phi) is 9.48. The van der Waals surface area contributed by atoms with Crippen LogP contribution in [0.2, 0.25) is 0 Å². The van der Waals surface area contributed by atoms with E-state index in [9.17, 15) is 14.4 Å². The molecule has 0 heterocycles. The van der Waals surface area contributed by atoms with Crippen molar-refractivity contribution in [1.82, 2.24) is 10.6 Å². The van der Waals surface area contributed by atoms with E-state index in [1.165, 1.54) is 0 Å². The van der Waals surface area contributed by atoms with E-state index < -0.39 is 41.8 Å². The van der Waals surface area contributed by atoms with Crippen LogP contribution in [0.4, 0.5) is 4.79 Å². The van der Waals surface area contributed by atoms with E-state index in [0.29, 0.717) is 25.8 Å². The molecule has 0 aliphatic carbocycles. The molecule has 146 valence electrons. The fourth-order valence-electron chi connectivity index (χ4n) is 1.83. The Morgan fingerprint density at radius 1 is 0.960 bits per heavy atom. The lowest BCUT2D eigenvalue weighted by Crippen LogP contribution is -2.46. The fraction of sp³-hybridized carbons (Fsp3) is 0.824. The second-order valence-electron chi connectivity index (χ2n) is 7.74. The summed E-state index contributed by atoms with van der Waals surface area (Å²) in [5.74, 6) is -0.978. The first-order chi connectivity index (χ1) is 11.3. The van der Waals surface area contributed by atoms with Gasteiger partial charge in [0.15, 0.2) is 0 Å². The first-order valence-corrected chi connectivity index (χ1v) is 8.44. The van der Waals surface area contributed by atoms with Crippen molar-refractivity contribution in [2.45, 2.75) is 78.0 Å². The largest absolute Gasteiger partial charge is 0.458 e. The molecule has 2 amide bonds. The minimum absolute atomic E-state index is 0.350. The number of hydrogen-bond acceptors (Lipinski definition) is 6. The van der Waals surface area contributed by atoms with Crippen LogP contribution in [-0.4, -0.2) is 53.5 Å². The summed E-state index contributed by atoms with van der Waals surface area (Å²) in [4.78, 5) is 35.2. The normalized spacial score (nSPS) is 12.9. The van der Waals surface area contributed by atoms with Gasteiger partial charge in [0.2, 0.25) is 5.91 Å². The van der Waals surface area contributed by atoms with E-state index in [2.05, 4.69) is 10.6 Å². The molecule has 8 nitrogen and oxygen atoms in total. The summed E-state index contributed by atoms with van der Waals surface area (Å²) in [6.45, 7) is 10.3. The van der Waals surface area contributed by atoms with Gasteiger partial charge in [-0.05, 0) is 60.8 Å². The van der Waals surface area contributed by atoms with Gasteiger partial charge in [-0.1, -0.05) is 0 Å². The number of hydrogen-bond donors (Lipinski definition) is 3. The van der Waals surface area contributed by atoms with Crippen molar-refractivity contribution in [3.8, 4) is 0 Å². The molecule has 0 fully saturated rings. The number of carbonyl (C=O) groups excluding carboxylic acids is 3. The zero-order valence-electron chi connectivity index (χ0n) is 16.1.